The van der Waals surface area contributed by atoms with Crippen LogP contribution in [0.2, 0.25) is 0 Å². The molecule has 4 rings (SSSR count). The molecule has 26 heavy (non-hydrogen) atoms. The van der Waals surface area contributed by atoms with E-state index in [-0.39, 0.29) is 23.8 Å². The Morgan fingerprint density at radius 1 is 1.38 bits per heavy atom. The van der Waals surface area contributed by atoms with Crippen molar-refractivity contribution >= 4 is 16.9 Å². The Hall–Kier alpha value is -2.96. The number of nitrogens with one attached hydrogen (secondary N) is 1. The number of benzene rings is 1. The molecule has 0 aliphatic carbocycles. The summed E-state index contributed by atoms with van der Waals surface area (Å²) < 4.78 is 5.29. The number of carbonyl (C=O) groups excluding carboxylic acids is 1. The number of piperidine rings is 1. The molecule has 134 valence electrons. The molecule has 3 heterocycles. The van der Waals surface area contributed by atoms with E-state index >= 15 is 0 Å². The molecule has 0 bridgehead atoms. The lowest BCUT2D eigenvalue weighted by atomic mass is 9.94. The fourth-order valence-corrected chi connectivity index (χ4v) is 3.58. The maximum atomic E-state index is 12.8. The van der Waals surface area contributed by atoms with E-state index in [4.69, 9.17) is 4.52 Å². The zero-order valence-corrected chi connectivity index (χ0v) is 14.6. The van der Waals surface area contributed by atoms with Gasteiger partial charge in [-0.3, -0.25) is 9.59 Å². The van der Waals surface area contributed by atoms with Gasteiger partial charge < -0.3 is 14.4 Å². The number of hydrogen-bond donors (Lipinski definition) is 1. The van der Waals surface area contributed by atoms with E-state index < -0.39 is 0 Å². The fraction of sp³-hybridized carbons (Fsp3) is 0.368. The van der Waals surface area contributed by atoms with Crippen molar-refractivity contribution in [1.29, 1.82) is 0 Å². The lowest BCUT2D eigenvalue weighted by Crippen LogP contribution is -2.40. The third-order valence-electron chi connectivity index (χ3n) is 4.84. The van der Waals surface area contributed by atoms with Gasteiger partial charge in [-0.15, -0.1) is 0 Å². The standard InChI is InChI=1S/C19H20N4O3/c1-12-20-15(9-18(24)21-12)13-5-4-8-23(11-13)19(25)10-16-14-6-2-3-7-17(14)26-22-16/h2-3,6-7,9,13H,4-5,8,10-11H2,1H3,(H,20,21,24). The van der Waals surface area contributed by atoms with Crippen molar-refractivity contribution in [2.75, 3.05) is 13.1 Å². The highest BCUT2D eigenvalue weighted by molar-refractivity contribution is 5.86. The third kappa shape index (κ3) is 3.24. The van der Waals surface area contributed by atoms with Gasteiger partial charge in [0.05, 0.1) is 12.1 Å². The van der Waals surface area contributed by atoms with E-state index in [2.05, 4.69) is 15.1 Å². The quantitative estimate of drug-likeness (QED) is 0.780. The summed E-state index contributed by atoms with van der Waals surface area (Å²) in [6.07, 6.45) is 2.03. The van der Waals surface area contributed by atoms with E-state index in [1.807, 2.05) is 29.2 Å². The summed E-state index contributed by atoms with van der Waals surface area (Å²) in [6, 6.07) is 9.08. The summed E-state index contributed by atoms with van der Waals surface area (Å²) in [6.45, 7) is 3.06. The van der Waals surface area contributed by atoms with Crippen LogP contribution in [0.4, 0.5) is 0 Å². The molecule has 1 aromatic carbocycles. The van der Waals surface area contributed by atoms with Crippen molar-refractivity contribution in [3.8, 4) is 0 Å². The number of hydrogen-bond acceptors (Lipinski definition) is 5. The lowest BCUT2D eigenvalue weighted by Gasteiger charge is -2.32. The lowest BCUT2D eigenvalue weighted by molar-refractivity contribution is -0.131. The predicted octanol–water partition coefficient (Wildman–Crippen LogP) is 2.17. The Labute approximate surface area is 150 Å². The average molecular weight is 352 g/mol. The summed E-state index contributed by atoms with van der Waals surface area (Å²) in [4.78, 5) is 33.4. The van der Waals surface area contributed by atoms with Gasteiger partial charge in [-0.25, -0.2) is 4.98 Å². The Kier molecular flexibility index (Phi) is 4.28. The molecule has 0 radical (unpaired) electrons. The van der Waals surface area contributed by atoms with Crippen molar-refractivity contribution in [3.05, 3.63) is 57.9 Å². The minimum atomic E-state index is -0.148. The highest BCUT2D eigenvalue weighted by atomic mass is 16.5. The van der Waals surface area contributed by atoms with Gasteiger partial charge in [0.2, 0.25) is 5.91 Å². The van der Waals surface area contributed by atoms with Crippen LogP contribution in [-0.2, 0) is 11.2 Å². The molecule has 0 saturated carbocycles. The minimum absolute atomic E-state index is 0.0234. The molecule has 1 amide bonds. The molecule has 1 fully saturated rings. The topological polar surface area (TPSA) is 92.1 Å². The van der Waals surface area contributed by atoms with Crippen LogP contribution >= 0.6 is 0 Å². The van der Waals surface area contributed by atoms with Gasteiger partial charge in [-0.1, -0.05) is 17.3 Å². The maximum absolute atomic E-state index is 12.8. The molecule has 1 atom stereocenters. The molecular formula is C19H20N4O3. The second kappa shape index (κ2) is 6.74. The second-order valence-electron chi connectivity index (χ2n) is 6.74. The first-order valence-electron chi connectivity index (χ1n) is 8.79. The SMILES string of the molecule is Cc1nc(C2CCCN(C(=O)Cc3noc4ccccc34)C2)cc(=O)[nH]1. The van der Waals surface area contributed by atoms with Crippen molar-refractivity contribution in [2.24, 2.45) is 0 Å². The van der Waals surface area contributed by atoms with Crippen LogP contribution in [0.5, 0.6) is 0 Å². The van der Waals surface area contributed by atoms with Crippen molar-refractivity contribution in [3.63, 3.8) is 0 Å². The Morgan fingerprint density at radius 3 is 3.08 bits per heavy atom. The molecule has 0 spiro atoms. The van der Waals surface area contributed by atoms with Crippen LogP contribution in [0.3, 0.4) is 0 Å². The molecule has 1 unspecified atom stereocenters. The highest BCUT2D eigenvalue weighted by Crippen LogP contribution is 2.26. The summed E-state index contributed by atoms with van der Waals surface area (Å²) >= 11 is 0. The number of aromatic nitrogens is 3. The number of likely N-dealkylation sites (tertiary alicyclic amines) is 1. The number of H-pyrrole nitrogens is 1. The van der Waals surface area contributed by atoms with Gasteiger partial charge in [0.1, 0.15) is 11.5 Å². The Bertz CT molecular complexity index is 1010. The second-order valence-corrected chi connectivity index (χ2v) is 6.74. The van der Waals surface area contributed by atoms with Crippen LogP contribution in [-0.4, -0.2) is 39.0 Å². The van der Waals surface area contributed by atoms with Crippen LogP contribution in [0.25, 0.3) is 11.0 Å². The molecule has 1 aliphatic rings. The summed E-state index contributed by atoms with van der Waals surface area (Å²) in [5.74, 6) is 0.711. The molecule has 3 aromatic rings. The van der Waals surface area contributed by atoms with Crippen LogP contribution < -0.4 is 5.56 Å². The van der Waals surface area contributed by atoms with Crippen molar-refractivity contribution in [1.82, 2.24) is 20.0 Å². The molecular weight excluding hydrogens is 332 g/mol. The summed E-state index contributed by atoms with van der Waals surface area (Å²) in [7, 11) is 0. The van der Waals surface area contributed by atoms with E-state index in [0.717, 1.165) is 23.9 Å². The van der Waals surface area contributed by atoms with Gasteiger partial charge in [0.15, 0.2) is 5.58 Å². The number of aromatic amines is 1. The number of rotatable bonds is 3. The molecule has 1 N–H and O–H groups in total. The van der Waals surface area contributed by atoms with Gasteiger partial charge in [-0.2, -0.15) is 0 Å². The van der Waals surface area contributed by atoms with Gasteiger partial charge in [-0.05, 0) is 31.9 Å². The van der Waals surface area contributed by atoms with Crippen LogP contribution in [0, 0.1) is 6.92 Å². The monoisotopic (exact) mass is 352 g/mol. The Balaban J connectivity index is 1.50. The van der Waals surface area contributed by atoms with Crippen LogP contribution in [0.1, 0.15) is 36.0 Å². The molecule has 7 heteroatoms. The van der Waals surface area contributed by atoms with Gasteiger partial charge >= 0.3 is 0 Å². The number of nitrogens with zero attached hydrogens (tertiary/aromatic N) is 3. The number of aryl methyl sites for hydroxylation is 1. The minimum Gasteiger partial charge on any atom is -0.356 e. The zero-order valence-electron chi connectivity index (χ0n) is 14.6. The van der Waals surface area contributed by atoms with E-state index in [0.29, 0.717) is 30.2 Å². The third-order valence-corrected chi connectivity index (χ3v) is 4.84. The first-order chi connectivity index (χ1) is 12.6. The predicted molar refractivity (Wildman–Crippen MR) is 95.9 cm³/mol. The smallest absolute Gasteiger partial charge is 0.251 e. The summed E-state index contributed by atoms with van der Waals surface area (Å²) in [5, 5.41) is 4.93. The van der Waals surface area contributed by atoms with Crippen molar-refractivity contribution in [2.45, 2.75) is 32.1 Å². The number of fused-ring (bicyclic) bond motifs is 1. The van der Waals surface area contributed by atoms with E-state index in [9.17, 15) is 9.59 Å². The largest absolute Gasteiger partial charge is 0.356 e. The first kappa shape index (κ1) is 16.5. The molecule has 1 aliphatic heterocycles. The van der Waals surface area contributed by atoms with E-state index in [1.54, 1.807) is 6.92 Å². The van der Waals surface area contributed by atoms with Crippen LogP contribution in [0.15, 0.2) is 39.6 Å². The number of carbonyl (C=O) groups is 1. The van der Waals surface area contributed by atoms with Gasteiger partial charge in [0, 0.05) is 30.5 Å². The highest BCUT2D eigenvalue weighted by Gasteiger charge is 2.27. The fourth-order valence-electron chi connectivity index (χ4n) is 3.58. The van der Waals surface area contributed by atoms with E-state index in [1.165, 1.54) is 6.07 Å². The molecule has 7 nitrogen and oxygen atoms in total. The maximum Gasteiger partial charge on any atom is 0.251 e. The van der Waals surface area contributed by atoms with Gasteiger partial charge in [0.25, 0.3) is 5.56 Å². The number of para-hydroxylation sites is 1. The average Bonchev–Trinajstić information content (AvgIpc) is 3.04. The Morgan fingerprint density at radius 2 is 2.23 bits per heavy atom. The normalized spacial score (nSPS) is 17.6. The molecule has 1 saturated heterocycles. The molecule has 2 aromatic heterocycles. The zero-order chi connectivity index (χ0) is 18.1. The first-order valence-corrected chi connectivity index (χ1v) is 8.79. The van der Waals surface area contributed by atoms with Crippen molar-refractivity contribution < 1.29 is 9.32 Å². The summed E-state index contributed by atoms with van der Waals surface area (Å²) in [5.41, 5.74) is 1.97. The number of amides is 1.